The SMILES string of the molecule is O=C(Cc1ccc2c(c1)OCCO2)Nc1cccc(S(=O)(=O)NC2=NCCCCC2)c1. The Hall–Kier alpha value is -3.07. The summed E-state index contributed by atoms with van der Waals surface area (Å²) in [6.45, 7) is 1.62. The molecule has 9 heteroatoms. The van der Waals surface area contributed by atoms with Gasteiger partial charge in [-0.3, -0.25) is 14.5 Å². The normalized spacial score (nSPS) is 16.1. The van der Waals surface area contributed by atoms with Gasteiger partial charge in [0.1, 0.15) is 19.0 Å². The van der Waals surface area contributed by atoms with E-state index in [1.165, 1.54) is 12.1 Å². The first kappa shape index (κ1) is 21.2. The van der Waals surface area contributed by atoms with Crippen LogP contribution in [0.2, 0.25) is 0 Å². The van der Waals surface area contributed by atoms with Gasteiger partial charge >= 0.3 is 0 Å². The van der Waals surface area contributed by atoms with Gasteiger partial charge < -0.3 is 14.8 Å². The maximum atomic E-state index is 12.7. The van der Waals surface area contributed by atoms with Gasteiger partial charge in [-0.15, -0.1) is 0 Å². The number of nitrogens with zero attached hydrogens (tertiary/aromatic N) is 1. The number of benzene rings is 2. The van der Waals surface area contributed by atoms with Crippen molar-refractivity contribution in [2.75, 3.05) is 25.1 Å². The number of amidine groups is 1. The van der Waals surface area contributed by atoms with Crippen LogP contribution in [0.25, 0.3) is 0 Å². The van der Waals surface area contributed by atoms with Crippen molar-refractivity contribution in [1.82, 2.24) is 4.72 Å². The van der Waals surface area contributed by atoms with Crippen LogP contribution >= 0.6 is 0 Å². The molecule has 0 aromatic heterocycles. The second kappa shape index (κ2) is 9.38. The molecule has 0 saturated heterocycles. The second-order valence-corrected chi connectivity index (χ2v) is 9.16. The predicted octanol–water partition coefficient (Wildman–Crippen LogP) is 2.89. The molecule has 0 unspecified atom stereocenters. The third kappa shape index (κ3) is 5.55. The summed E-state index contributed by atoms with van der Waals surface area (Å²) in [5.74, 6) is 1.52. The molecule has 0 saturated carbocycles. The van der Waals surface area contributed by atoms with Crippen molar-refractivity contribution in [3.8, 4) is 11.5 Å². The van der Waals surface area contributed by atoms with E-state index in [0.29, 0.717) is 49.2 Å². The molecule has 164 valence electrons. The molecule has 2 aliphatic rings. The number of amides is 1. The largest absolute Gasteiger partial charge is 0.486 e. The van der Waals surface area contributed by atoms with Crippen molar-refractivity contribution in [1.29, 1.82) is 0 Å². The lowest BCUT2D eigenvalue weighted by molar-refractivity contribution is -0.115. The summed E-state index contributed by atoms with van der Waals surface area (Å²) in [6, 6.07) is 11.6. The Bertz CT molecular complexity index is 1100. The molecule has 1 amide bonds. The lowest BCUT2D eigenvalue weighted by Gasteiger charge is -2.18. The lowest BCUT2D eigenvalue weighted by atomic mass is 10.1. The van der Waals surface area contributed by atoms with Crippen molar-refractivity contribution in [3.05, 3.63) is 48.0 Å². The van der Waals surface area contributed by atoms with Crippen molar-refractivity contribution in [2.24, 2.45) is 4.99 Å². The highest BCUT2D eigenvalue weighted by Gasteiger charge is 2.18. The predicted molar refractivity (Wildman–Crippen MR) is 117 cm³/mol. The number of hydrogen-bond donors (Lipinski definition) is 2. The highest BCUT2D eigenvalue weighted by atomic mass is 32.2. The van der Waals surface area contributed by atoms with Crippen LogP contribution in [0.3, 0.4) is 0 Å². The molecular formula is C22H25N3O5S. The number of carbonyl (C=O) groups excluding carboxylic acids is 1. The monoisotopic (exact) mass is 443 g/mol. The van der Waals surface area contributed by atoms with Crippen LogP contribution in [0, 0.1) is 0 Å². The quantitative estimate of drug-likeness (QED) is 0.739. The van der Waals surface area contributed by atoms with Gasteiger partial charge in [0.25, 0.3) is 10.0 Å². The number of hydrogen-bond acceptors (Lipinski definition) is 6. The Morgan fingerprint density at radius 3 is 2.71 bits per heavy atom. The molecule has 2 aromatic rings. The van der Waals surface area contributed by atoms with Gasteiger partial charge in [-0.05, 0) is 48.7 Å². The number of carbonyl (C=O) groups is 1. The Labute approximate surface area is 181 Å². The van der Waals surface area contributed by atoms with Gasteiger partial charge in [0.15, 0.2) is 11.5 Å². The topological polar surface area (TPSA) is 106 Å². The van der Waals surface area contributed by atoms with Crippen LogP contribution in [-0.2, 0) is 21.2 Å². The minimum Gasteiger partial charge on any atom is -0.486 e. The number of rotatable bonds is 5. The van der Waals surface area contributed by atoms with Crippen molar-refractivity contribution >= 4 is 27.5 Å². The van der Waals surface area contributed by atoms with Crippen molar-refractivity contribution in [3.63, 3.8) is 0 Å². The van der Waals surface area contributed by atoms with E-state index in [2.05, 4.69) is 15.0 Å². The van der Waals surface area contributed by atoms with Crippen molar-refractivity contribution in [2.45, 2.75) is 37.0 Å². The fourth-order valence-corrected chi connectivity index (χ4v) is 4.64. The zero-order valence-corrected chi connectivity index (χ0v) is 17.9. The maximum absolute atomic E-state index is 12.7. The average molecular weight is 444 g/mol. The molecule has 2 aliphatic heterocycles. The first-order chi connectivity index (χ1) is 15.0. The zero-order chi connectivity index (χ0) is 21.7. The third-order valence-electron chi connectivity index (χ3n) is 5.03. The smallest absolute Gasteiger partial charge is 0.262 e. The number of sulfonamides is 1. The average Bonchev–Trinajstić information content (AvgIpc) is 3.02. The van der Waals surface area contributed by atoms with Crippen LogP contribution < -0.4 is 19.5 Å². The van der Waals surface area contributed by atoms with Crippen LogP contribution in [0.15, 0.2) is 52.4 Å². The lowest BCUT2D eigenvalue weighted by Crippen LogP contribution is -2.30. The molecule has 8 nitrogen and oxygen atoms in total. The molecule has 0 fully saturated rings. The van der Waals surface area contributed by atoms with E-state index in [4.69, 9.17) is 9.47 Å². The first-order valence-electron chi connectivity index (χ1n) is 10.3. The van der Waals surface area contributed by atoms with E-state index < -0.39 is 10.0 Å². The molecule has 0 spiro atoms. The Morgan fingerprint density at radius 1 is 1.00 bits per heavy atom. The van der Waals surface area contributed by atoms with E-state index in [1.807, 2.05) is 6.07 Å². The van der Waals surface area contributed by atoms with Gasteiger partial charge in [-0.1, -0.05) is 18.6 Å². The number of anilines is 1. The number of aliphatic imine (C=N–C) groups is 1. The molecule has 0 atom stereocenters. The second-order valence-electron chi connectivity index (χ2n) is 7.48. The molecule has 0 aliphatic carbocycles. The minimum absolute atomic E-state index is 0.0802. The number of fused-ring (bicyclic) bond motifs is 1. The van der Waals surface area contributed by atoms with Gasteiger partial charge in [-0.2, -0.15) is 0 Å². The van der Waals surface area contributed by atoms with Crippen LogP contribution in [0.1, 0.15) is 31.2 Å². The summed E-state index contributed by atoms with van der Waals surface area (Å²) in [5, 5.41) is 2.76. The Balaban J connectivity index is 1.42. The summed E-state index contributed by atoms with van der Waals surface area (Å²) in [5.41, 5.74) is 1.19. The zero-order valence-electron chi connectivity index (χ0n) is 17.1. The van der Waals surface area contributed by atoms with Gasteiger partial charge in [-0.25, -0.2) is 8.42 Å². The van der Waals surface area contributed by atoms with Gasteiger partial charge in [0, 0.05) is 18.7 Å². The highest BCUT2D eigenvalue weighted by Crippen LogP contribution is 2.31. The Kier molecular flexibility index (Phi) is 6.41. The van der Waals surface area contributed by atoms with Crippen LogP contribution in [0.4, 0.5) is 5.69 Å². The minimum atomic E-state index is -3.77. The molecule has 0 bridgehead atoms. The standard InChI is InChI=1S/C22H25N3O5S/c26-22(14-16-8-9-19-20(13-16)30-12-11-29-19)24-17-5-4-6-18(15-17)31(27,28)25-21-7-2-1-3-10-23-21/h4-6,8-9,13,15H,1-3,7,10-12,14H2,(H,23,25)(H,24,26). The summed E-state index contributed by atoms with van der Waals surface area (Å²) < 4.78 is 39.1. The number of ether oxygens (including phenoxy) is 2. The van der Waals surface area contributed by atoms with E-state index in [-0.39, 0.29) is 17.2 Å². The fourth-order valence-electron chi connectivity index (χ4n) is 3.50. The fraction of sp³-hybridized carbons (Fsp3) is 0.364. The van der Waals surface area contributed by atoms with E-state index >= 15 is 0 Å². The summed E-state index contributed by atoms with van der Waals surface area (Å²) in [6.07, 6.45) is 3.67. The molecule has 2 N–H and O–H groups in total. The molecule has 0 radical (unpaired) electrons. The molecular weight excluding hydrogens is 418 g/mol. The third-order valence-corrected chi connectivity index (χ3v) is 6.40. The molecule has 2 aromatic carbocycles. The van der Waals surface area contributed by atoms with E-state index in [0.717, 1.165) is 24.8 Å². The summed E-state index contributed by atoms with van der Waals surface area (Å²) >= 11 is 0. The number of nitrogens with one attached hydrogen (secondary N) is 2. The first-order valence-corrected chi connectivity index (χ1v) is 11.8. The van der Waals surface area contributed by atoms with Crippen LogP contribution in [-0.4, -0.2) is 39.9 Å². The molecule has 31 heavy (non-hydrogen) atoms. The van der Waals surface area contributed by atoms with Gasteiger partial charge in [0.2, 0.25) is 5.91 Å². The molecule has 4 rings (SSSR count). The van der Waals surface area contributed by atoms with E-state index in [1.54, 1.807) is 24.3 Å². The summed E-state index contributed by atoms with van der Waals surface area (Å²) in [4.78, 5) is 16.9. The summed E-state index contributed by atoms with van der Waals surface area (Å²) in [7, 11) is -3.77. The molecule has 2 heterocycles. The van der Waals surface area contributed by atoms with Crippen molar-refractivity contribution < 1.29 is 22.7 Å². The Morgan fingerprint density at radius 2 is 1.84 bits per heavy atom. The highest BCUT2D eigenvalue weighted by molar-refractivity contribution is 7.90. The van der Waals surface area contributed by atoms with E-state index in [9.17, 15) is 13.2 Å². The maximum Gasteiger partial charge on any atom is 0.262 e. The van der Waals surface area contributed by atoms with Gasteiger partial charge in [0.05, 0.1) is 11.3 Å². The van der Waals surface area contributed by atoms with Crippen LogP contribution in [0.5, 0.6) is 11.5 Å².